The highest BCUT2D eigenvalue weighted by molar-refractivity contribution is 5.81. The maximum Gasteiger partial charge on any atom is 0.493 e. The lowest BCUT2D eigenvalue weighted by Crippen LogP contribution is -2.36. The molecule has 0 aliphatic heterocycles. The standard InChI is InChI=1S/C22H16F5N5O5/c1-9-4-11(7-16(35-3)10(9)2)30-20-28-8-14(24)18(31-20)29-12-5-13(23)17-15(6-12)32(21(34)36-17)37-19(33)22(25,26)27/h4-8H,1-3H3,(H2,28,29,30,31). The topological polar surface area (TPSA) is 121 Å². The molecule has 0 atom stereocenters. The van der Waals surface area contributed by atoms with Crippen molar-refractivity contribution in [2.75, 3.05) is 17.7 Å². The van der Waals surface area contributed by atoms with Crippen LogP contribution in [0, 0.1) is 25.5 Å². The fourth-order valence-electron chi connectivity index (χ4n) is 3.24. The van der Waals surface area contributed by atoms with E-state index < -0.39 is 46.5 Å². The minimum Gasteiger partial charge on any atom is -0.496 e. The Hall–Kier alpha value is -4.69. The number of benzene rings is 2. The minimum absolute atomic E-state index is 0.0601. The first kappa shape index (κ1) is 25.4. The number of halogens is 5. The molecule has 37 heavy (non-hydrogen) atoms. The molecule has 2 heterocycles. The Kier molecular flexibility index (Phi) is 6.46. The lowest BCUT2D eigenvalue weighted by Gasteiger charge is -2.13. The molecule has 0 fully saturated rings. The van der Waals surface area contributed by atoms with E-state index in [4.69, 9.17) is 4.74 Å². The molecule has 0 amide bonds. The number of aromatic nitrogens is 3. The number of carbonyl (C=O) groups excluding carboxylic acids is 1. The van der Waals surface area contributed by atoms with Crippen LogP contribution in [0.5, 0.6) is 5.75 Å². The molecule has 4 aromatic rings. The normalized spacial score (nSPS) is 11.5. The molecule has 2 aromatic heterocycles. The SMILES string of the molecule is COc1cc(Nc2ncc(F)c(Nc3cc(F)c4oc(=O)n(OC(=O)C(F)(F)F)c4c3)n2)cc(C)c1C. The van der Waals surface area contributed by atoms with Crippen molar-refractivity contribution in [1.29, 1.82) is 0 Å². The Morgan fingerprint density at radius 3 is 2.43 bits per heavy atom. The summed E-state index contributed by atoms with van der Waals surface area (Å²) in [6.45, 7) is 3.72. The molecule has 0 radical (unpaired) electrons. The van der Waals surface area contributed by atoms with E-state index in [1.54, 1.807) is 12.1 Å². The minimum atomic E-state index is -5.44. The van der Waals surface area contributed by atoms with Crippen LogP contribution in [-0.4, -0.2) is 34.0 Å². The van der Waals surface area contributed by atoms with Crippen molar-refractivity contribution in [2.45, 2.75) is 20.0 Å². The van der Waals surface area contributed by atoms with Crippen LogP contribution >= 0.6 is 0 Å². The summed E-state index contributed by atoms with van der Waals surface area (Å²) < 4.78 is 76.3. The van der Waals surface area contributed by atoms with Crippen LogP contribution in [0.3, 0.4) is 0 Å². The number of nitrogens with zero attached hydrogens (tertiary/aromatic N) is 3. The first-order valence-electron chi connectivity index (χ1n) is 10.2. The molecule has 2 aromatic carbocycles. The Labute approximate surface area is 203 Å². The number of carbonyl (C=O) groups is 1. The number of ether oxygens (including phenoxy) is 1. The first-order valence-corrected chi connectivity index (χ1v) is 10.2. The second-order valence-electron chi connectivity index (χ2n) is 7.61. The van der Waals surface area contributed by atoms with Crippen molar-refractivity contribution >= 4 is 40.2 Å². The van der Waals surface area contributed by atoms with E-state index in [1.165, 1.54) is 7.11 Å². The molecule has 0 unspecified atom stereocenters. The predicted molar refractivity (Wildman–Crippen MR) is 119 cm³/mol. The number of anilines is 4. The first-order chi connectivity index (χ1) is 17.4. The zero-order valence-corrected chi connectivity index (χ0v) is 19.2. The Morgan fingerprint density at radius 2 is 1.76 bits per heavy atom. The fourth-order valence-corrected chi connectivity index (χ4v) is 3.24. The quantitative estimate of drug-likeness (QED) is 0.355. The highest BCUT2D eigenvalue weighted by atomic mass is 19.4. The summed E-state index contributed by atoms with van der Waals surface area (Å²) in [5.74, 6) is -6.43. The van der Waals surface area contributed by atoms with Crippen LogP contribution < -0.4 is 26.0 Å². The van der Waals surface area contributed by atoms with Crippen molar-refractivity contribution in [3.05, 3.63) is 63.8 Å². The maximum absolute atomic E-state index is 14.5. The second-order valence-corrected chi connectivity index (χ2v) is 7.61. The molecule has 194 valence electrons. The average molecular weight is 525 g/mol. The number of hydrogen-bond donors (Lipinski definition) is 2. The summed E-state index contributed by atoms with van der Waals surface area (Å²) in [6, 6.07) is 5.12. The van der Waals surface area contributed by atoms with E-state index in [-0.39, 0.29) is 16.4 Å². The number of rotatable bonds is 6. The molecule has 0 aliphatic rings. The van der Waals surface area contributed by atoms with Crippen LogP contribution in [0.2, 0.25) is 0 Å². The Balaban J connectivity index is 1.67. The van der Waals surface area contributed by atoms with Crippen LogP contribution in [-0.2, 0) is 4.79 Å². The molecular formula is C22H16F5N5O5. The lowest BCUT2D eigenvalue weighted by molar-refractivity contribution is -0.200. The zero-order valence-electron chi connectivity index (χ0n) is 19.2. The fraction of sp³-hybridized carbons (Fsp3) is 0.182. The van der Waals surface area contributed by atoms with Gasteiger partial charge in [0.2, 0.25) is 5.95 Å². The van der Waals surface area contributed by atoms with Gasteiger partial charge in [0, 0.05) is 23.5 Å². The van der Waals surface area contributed by atoms with Crippen molar-refractivity contribution in [2.24, 2.45) is 0 Å². The summed E-state index contributed by atoms with van der Waals surface area (Å²) in [4.78, 5) is 34.9. The number of alkyl halides is 3. The van der Waals surface area contributed by atoms with Gasteiger partial charge in [-0.15, -0.1) is 0 Å². The molecule has 10 nitrogen and oxygen atoms in total. The maximum atomic E-state index is 14.5. The van der Waals surface area contributed by atoms with Crippen molar-refractivity contribution in [3.8, 4) is 5.75 Å². The van der Waals surface area contributed by atoms with Gasteiger partial charge in [0.1, 0.15) is 11.3 Å². The molecule has 0 aliphatic carbocycles. The van der Waals surface area contributed by atoms with Crippen molar-refractivity contribution in [3.63, 3.8) is 0 Å². The third-order valence-corrected chi connectivity index (χ3v) is 5.11. The average Bonchev–Trinajstić information content (AvgIpc) is 3.13. The van der Waals surface area contributed by atoms with Crippen LogP contribution in [0.1, 0.15) is 11.1 Å². The van der Waals surface area contributed by atoms with E-state index in [2.05, 4.69) is 29.9 Å². The van der Waals surface area contributed by atoms with Crippen molar-refractivity contribution < 1.29 is 40.7 Å². The number of oxazole rings is 1. The Morgan fingerprint density at radius 1 is 1.05 bits per heavy atom. The van der Waals surface area contributed by atoms with E-state index in [1.807, 2.05) is 13.8 Å². The van der Waals surface area contributed by atoms with Crippen LogP contribution in [0.4, 0.5) is 45.1 Å². The van der Waals surface area contributed by atoms with Gasteiger partial charge in [0.25, 0.3) is 0 Å². The van der Waals surface area contributed by atoms with Crippen molar-refractivity contribution in [1.82, 2.24) is 14.7 Å². The van der Waals surface area contributed by atoms with Gasteiger partial charge in [0.05, 0.1) is 13.3 Å². The monoisotopic (exact) mass is 525 g/mol. The van der Waals surface area contributed by atoms with E-state index >= 15 is 0 Å². The molecule has 15 heteroatoms. The van der Waals surface area contributed by atoms with Gasteiger partial charge in [-0.3, -0.25) is 0 Å². The molecule has 0 saturated carbocycles. The molecular weight excluding hydrogens is 509 g/mol. The number of fused-ring (bicyclic) bond motifs is 1. The summed E-state index contributed by atoms with van der Waals surface area (Å²) in [6.07, 6.45) is -4.62. The number of nitrogens with one attached hydrogen (secondary N) is 2. The summed E-state index contributed by atoms with van der Waals surface area (Å²) in [5, 5.41) is 5.33. The highest BCUT2D eigenvalue weighted by Crippen LogP contribution is 2.29. The molecule has 0 spiro atoms. The van der Waals surface area contributed by atoms with E-state index in [0.717, 1.165) is 29.5 Å². The Bertz CT molecular complexity index is 1580. The smallest absolute Gasteiger partial charge is 0.493 e. The van der Waals surface area contributed by atoms with Gasteiger partial charge >= 0.3 is 17.9 Å². The van der Waals surface area contributed by atoms with Gasteiger partial charge in [-0.1, -0.05) is 4.73 Å². The van der Waals surface area contributed by atoms with Crippen LogP contribution in [0.15, 0.2) is 39.7 Å². The van der Waals surface area contributed by atoms with Gasteiger partial charge in [-0.2, -0.15) is 18.2 Å². The van der Waals surface area contributed by atoms with Crippen LogP contribution in [0.25, 0.3) is 11.1 Å². The van der Waals surface area contributed by atoms with E-state index in [0.29, 0.717) is 11.4 Å². The third kappa shape index (κ3) is 5.14. The number of methoxy groups -OCH3 is 1. The summed E-state index contributed by atoms with van der Waals surface area (Å²) in [7, 11) is 1.50. The summed E-state index contributed by atoms with van der Waals surface area (Å²) >= 11 is 0. The van der Waals surface area contributed by atoms with Gasteiger partial charge in [-0.25, -0.2) is 23.4 Å². The molecule has 0 bridgehead atoms. The molecule has 4 rings (SSSR count). The largest absolute Gasteiger partial charge is 0.496 e. The van der Waals surface area contributed by atoms with Gasteiger partial charge in [0.15, 0.2) is 23.0 Å². The zero-order chi connectivity index (χ0) is 27.1. The number of hydrogen-bond acceptors (Lipinski definition) is 9. The number of aryl methyl sites for hydroxylation is 1. The van der Waals surface area contributed by atoms with Gasteiger partial charge in [-0.05, 0) is 37.1 Å². The molecule has 2 N–H and O–H groups in total. The highest BCUT2D eigenvalue weighted by Gasteiger charge is 2.42. The van der Waals surface area contributed by atoms with Gasteiger partial charge < -0.3 is 24.6 Å². The third-order valence-electron chi connectivity index (χ3n) is 5.11. The van der Waals surface area contributed by atoms with E-state index in [9.17, 15) is 31.5 Å². The lowest BCUT2D eigenvalue weighted by atomic mass is 10.1. The molecule has 0 saturated heterocycles. The summed E-state index contributed by atoms with van der Waals surface area (Å²) in [5.41, 5.74) is 0.604. The second kappa shape index (κ2) is 9.40. The predicted octanol–water partition coefficient (Wildman–Crippen LogP) is 4.29.